The summed E-state index contributed by atoms with van der Waals surface area (Å²) in [6, 6.07) is 6.67. The Hall–Kier alpha value is -0.580. The molecule has 1 heterocycles. The average Bonchev–Trinajstić information content (AvgIpc) is 2.39. The summed E-state index contributed by atoms with van der Waals surface area (Å²) in [6.45, 7) is 6.39. The topological polar surface area (TPSA) is 38.5 Å². The average molecular weight is 341 g/mol. The number of hydrogen-bond donors (Lipinski definition) is 1. The first-order chi connectivity index (χ1) is 9.51. The number of ether oxygens (including phenoxy) is 1. The summed E-state index contributed by atoms with van der Waals surface area (Å²) < 4.78 is 6.74. The van der Waals surface area contributed by atoms with Crippen molar-refractivity contribution < 1.29 is 4.74 Å². The monoisotopic (exact) mass is 340 g/mol. The minimum Gasteiger partial charge on any atom is -0.379 e. The van der Waals surface area contributed by atoms with E-state index >= 15 is 0 Å². The van der Waals surface area contributed by atoms with Crippen LogP contribution in [0.4, 0.5) is 5.69 Å². The summed E-state index contributed by atoms with van der Waals surface area (Å²) in [7, 11) is 1.81. The van der Waals surface area contributed by atoms with Crippen LogP contribution < -0.4 is 10.6 Å². The molecule has 2 N–H and O–H groups in total. The Morgan fingerprint density at radius 3 is 2.90 bits per heavy atom. The van der Waals surface area contributed by atoms with Gasteiger partial charge < -0.3 is 15.4 Å². The maximum absolute atomic E-state index is 5.99. The molecule has 1 aromatic carbocycles. The Labute approximate surface area is 130 Å². The van der Waals surface area contributed by atoms with E-state index in [1.807, 2.05) is 7.11 Å². The Morgan fingerprint density at radius 1 is 1.50 bits per heavy atom. The van der Waals surface area contributed by atoms with Gasteiger partial charge in [0.2, 0.25) is 0 Å². The van der Waals surface area contributed by atoms with Gasteiger partial charge in [-0.1, -0.05) is 22.9 Å². The quantitative estimate of drug-likeness (QED) is 0.914. The van der Waals surface area contributed by atoms with E-state index in [2.05, 4.69) is 52.9 Å². The van der Waals surface area contributed by atoms with Crippen molar-refractivity contribution in [1.29, 1.82) is 0 Å². The molecule has 0 bridgehead atoms. The third-order valence-electron chi connectivity index (χ3n) is 4.12. The predicted octanol–water partition coefficient (Wildman–Crippen LogP) is 3.20. The zero-order valence-electron chi connectivity index (χ0n) is 12.6. The molecule has 1 saturated heterocycles. The third kappa shape index (κ3) is 3.74. The Morgan fingerprint density at radius 2 is 2.25 bits per heavy atom. The van der Waals surface area contributed by atoms with Gasteiger partial charge in [-0.2, -0.15) is 0 Å². The van der Waals surface area contributed by atoms with Crippen molar-refractivity contribution in [3.63, 3.8) is 0 Å². The molecule has 1 aliphatic rings. The Bertz CT molecular complexity index is 450. The highest BCUT2D eigenvalue weighted by Crippen LogP contribution is 2.30. The summed E-state index contributed by atoms with van der Waals surface area (Å²) in [4.78, 5) is 2.44. The molecule has 112 valence electrons. The Kier molecular flexibility index (Phi) is 5.47. The fourth-order valence-electron chi connectivity index (χ4n) is 2.93. The van der Waals surface area contributed by atoms with E-state index in [-0.39, 0.29) is 6.04 Å². The van der Waals surface area contributed by atoms with E-state index in [9.17, 15) is 0 Å². The van der Waals surface area contributed by atoms with Crippen molar-refractivity contribution >= 4 is 21.6 Å². The number of nitrogens with zero attached hydrogens (tertiary/aromatic N) is 1. The van der Waals surface area contributed by atoms with Crippen molar-refractivity contribution in [2.75, 3.05) is 25.1 Å². The molecule has 0 amide bonds. The van der Waals surface area contributed by atoms with Gasteiger partial charge in [0.15, 0.2) is 0 Å². The van der Waals surface area contributed by atoms with Crippen LogP contribution in [0.1, 0.15) is 25.8 Å². The van der Waals surface area contributed by atoms with Crippen molar-refractivity contribution in [3.8, 4) is 0 Å². The predicted molar refractivity (Wildman–Crippen MR) is 88.3 cm³/mol. The molecule has 0 aliphatic carbocycles. The molecule has 0 radical (unpaired) electrons. The van der Waals surface area contributed by atoms with E-state index in [0.717, 1.165) is 24.0 Å². The molecule has 0 aromatic heterocycles. The van der Waals surface area contributed by atoms with Crippen LogP contribution in [0.2, 0.25) is 0 Å². The lowest BCUT2D eigenvalue weighted by atomic mass is 9.94. The highest BCUT2D eigenvalue weighted by Gasteiger charge is 2.27. The Balaban J connectivity index is 2.23. The first-order valence-electron chi connectivity index (χ1n) is 7.33. The summed E-state index contributed by atoms with van der Waals surface area (Å²) in [5, 5.41) is 0. The van der Waals surface area contributed by atoms with Crippen LogP contribution in [0.25, 0.3) is 0 Å². The minimum atomic E-state index is 0.171. The number of benzene rings is 1. The van der Waals surface area contributed by atoms with Gasteiger partial charge in [0.25, 0.3) is 0 Å². The van der Waals surface area contributed by atoms with E-state index < -0.39 is 0 Å². The zero-order chi connectivity index (χ0) is 14.7. The largest absolute Gasteiger partial charge is 0.379 e. The maximum atomic E-state index is 5.99. The molecule has 0 spiro atoms. The van der Waals surface area contributed by atoms with Crippen molar-refractivity contribution in [1.82, 2.24) is 0 Å². The van der Waals surface area contributed by atoms with Crippen LogP contribution in [-0.4, -0.2) is 32.3 Å². The van der Waals surface area contributed by atoms with E-state index in [0.29, 0.717) is 12.0 Å². The van der Waals surface area contributed by atoms with Gasteiger partial charge in [-0.25, -0.2) is 0 Å². The molecule has 0 saturated carbocycles. The lowest BCUT2D eigenvalue weighted by Gasteiger charge is -2.38. The highest BCUT2D eigenvalue weighted by atomic mass is 79.9. The maximum Gasteiger partial charge on any atom is 0.0772 e. The molecule has 3 atom stereocenters. The van der Waals surface area contributed by atoms with Crippen LogP contribution in [0.15, 0.2) is 22.7 Å². The van der Waals surface area contributed by atoms with E-state index in [1.54, 1.807) is 0 Å². The van der Waals surface area contributed by atoms with E-state index in [1.165, 1.54) is 17.7 Å². The molecular formula is C16H25BrN2O. The number of halogens is 1. The van der Waals surface area contributed by atoms with Crippen LogP contribution in [0, 0.1) is 5.92 Å². The second-order valence-electron chi connectivity index (χ2n) is 5.94. The lowest BCUT2D eigenvalue weighted by Crippen LogP contribution is -2.44. The number of methoxy groups -OCH3 is 1. The normalized spacial score (nSPS) is 24.8. The van der Waals surface area contributed by atoms with Crippen molar-refractivity contribution in [3.05, 3.63) is 28.2 Å². The second kappa shape index (κ2) is 6.92. The van der Waals surface area contributed by atoms with Crippen LogP contribution in [-0.2, 0) is 11.2 Å². The molecule has 1 aromatic rings. The van der Waals surface area contributed by atoms with Gasteiger partial charge in [0.05, 0.1) is 6.10 Å². The number of nitrogens with two attached hydrogens (primary N) is 1. The van der Waals surface area contributed by atoms with Crippen LogP contribution in [0.3, 0.4) is 0 Å². The summed E-state index contributed by atoms with van der Waals surface area (Å²) >= 11 is 3.56. The molecular weight excluding hydrogens is 316 g/mol. The number of rotatable bonds is 4. The molecule has 1 fully saturated rings. The lowest BCUT2D eigenvalue weighted by molar-refractivity contribution is 0.0498. The van der Waals surface area contributed by atoms with Crippen LogP contribution >= 0.6 is 15.9 Å². The fourth-order valence-corrected chi connectivity index (χ4v) is 3.34. The smallest absolute Gasteiger partial charge is 0.0772 e. The standard InChI is InChI=1S/C16H25BrN2O/c1-11-6-7-19(10-16(11)20-3)15-5-4-14(17)9-13(15)8-12(2)18/h4-5,9,11-12,16H,6-8,10,18H2,1-3H3. The van der Waals surface area contributed by atoms with Gasteiger partial charge in [-0.3, -0.25) is 0 Å². The SMILES string of the molecule is COC1CN(c2ccc(Br)cc2CC(C)N)CCC1C. The summed E-state index contributed by atoms with van der Waals surface area (Å²) in [5.41, 5.74) is 8.61. The van der Waals surface area contributed by atoms with Crippen LogP contribution in [0.5, 0.6) is 0 Å². The van der Waals surface area contributed by atoms with Gasteiger partial charge >= 0.3 is 0 Å². The first kappa shape index (κ1) is 15.8. The van der Waals surface area contributed by atoms with Gasteiger partial charge in [0, 0.05) is 36.4 Å². The van der Waals surface area contributed by atoms with Crippen molar-refractivity contribution in [2.45, 2.75) is 38.8 Å². The molecule has 2 rings (SSSR count). The minimum absolute atomic E-state index is 0.171. The molecule has 1 aliphatic heterocycles. The van der Waals surface area contributed by atoms with Crippen molar-refractivity contribution in [2.24, 2.45) is 11.7 Å². The number of anilines is 1. The first-order valence-corrected chi connectivity index (χ1v) is 8.12. The molecule has 3 unspecified atom stereocenters. The molecule has 20 heavy (non-hydrogen) atoms. The summed E-state index contributed by atoms with van der Waals surface area (Å²) in [6.07, 6.45) is 2.39. The number of piperidine rings is 1. The van der Waals surface area contributed by atoms with Gasteiger partial charge in [-0.15, -0.1) is 0 Å². The molecule has 4 heteroatoms. The zero-order valence-corrected chi connectivity index (χ0v) is 14.2. The third-order valence-corrected chi connectivity index (χ3v) is 4.61. The molecule has 3 nitrogen and oxygen atoms in total. The highest BCUT2D eigenvalue weighted by molar-refractivity contribution is 9.10. The van der Waals surface area contributed by atoms with Gasteiger partial charge in [-0.05, 0) is 49.4 Å². The van der Waals surface area contributed by atoms with E-state index in [4.69, 9.17) is 10.5 Å². The number of hydrogen-bond acceptors (Lipinski definition) is 3. The second-order valence-corrected chi connectivity index (χ2v) is 6.86. The fraction of sp³-hybridized carbons (Fsp3) is 0.625. The van der Waals surface area contributed by atoms with Gasteiger partial charge in [0.1, 0.15) is 0 Å². The summed E-state index contributed by atoms with van der Waals surface area (Å²) in [5.74, 6) is 0.628.